The summed E-state index contributed by atoms with van der Waals surface area (Å²) in [6, 6.07) is 5.86. The molecule has 6 heteroatoms. The van der Waals surface area contributed by atoms with Gasteiger partial charge in [0, 0.05) is 0 Å². The van der Waals surface area contributed by atoms with Crippen molar-refractivity contribution in [1.29, 1.82) is 0 Å². The van der Waals surface area contributed by atoms with Crippen LogP contribution in [0.4, 0.5) is 10.2 Å². The first-order valence-corrected chi connectivity index (χ1v) is 5.53. The van der Waals surface area contributed by atoms with Crippen molar-refractivity contribution in [2.24, 2.45) is 0 Å². The fourth-order valence-corrected chi connectivity index (χ4v) is 1.57. The van der Waals surface area contributed by atoms with E-state index in [0.717, 1.165) is 0 Å². The van der Waals surface area contributed by atoms with Gasteiger partial charge in [0.1, 0.15) is 11.0 Å². The monoisotopic (exact) mass is 265 g/mol. The van der Waals surface area contributed by atoms with E-state index in [1.807, 2.05) is 0 Å². The number of nitrogens with one attached hydrogen (secondary N) is 1. The first kappa shape index (κ1) is 12.4. The summed E-state index contributed by atoms with van der Waals surface area (Å²) in [5.41, 5.74) is 0.586. The third kappa shape index (κ3) is 3.49. The molecule has 1 amide bonds. The number of hydrogen-bond donors (Lipinski definition) is 1. The molecule has 0 aliphatic carbocycles. The fraction of sp³-hybridized carbons (Fsp3) is 0.0833. The second-order valence-electron chi connectivity index (χ2n) is 3.58. The van der Waals surface area contributed by atoms with E-state index in [1.165, 1.54) is 24.5 Å². The second kappa shape index (κ2) is 5.55. The molecule has 1 aromatic heterocycles. The van der Waals surface area contributed by atoms with E-state index in [0.29, 0.717) is 5.56 Å². The van der Waals surface area contributed by atoms with Crippen LogP contribution in [0.15, 0.2) is 36.7 Å². The van der Waals surface area contributed by atoms with Gasteiger partial charge in [-0.3, -0.25) is 9.78 Å². The summed E-state index contributed by atoms with van der Waals surface area (Å²) >= 11 is 5.63. The molecule has 0 unspecified atom stereocenters. The third-order valence-electron chi connectivity index (χ3n) is 2.13. The number of carbonyl (C=O) groups excluding carboxylic acids is 1. The Kier molecular flexibility index (Phi) is 3.84. The number of aromatic nitrogens is 2. The van der Waals surface area contributed by atoms with Crippen molar-refractivity contribution in [3.63, 3.8) is 0 Å². The molecule has 0 fully saturated rings. The molecule has 0 aliphatic rings. The predicted molar refractivity (Wildman–Crippen MR) is 65.8 cm³/mol. The van der Waals surface area contributed by atoms with E-state index in [4.69, 9.17) is 11.6 Å². The second-order valence-corrected chi connectivity index (χ2v) is 3.97. The van der Waals surface area contributed by atoms with Gasteiger partial charge in [-0.1, -0.05) is 23.7 Å². The maximum Gasteiger partial charge on any atom is 0.229 e. The number of hydrogen-bond acceptors (Lipinski definition) is 3. The summed E-state index contributed by atoms with van der Waals surface area (Å²) in [7, 11) is 0. The molecule has 0 bridgehead atoms. The molecule has 18 heavy (non-hydrogen) atoms. The lowest BCUT2D eigenvalue weighted by Gasteiger charge is -2.04. The first-order chi connectivity index (χ1) is 8.63. The van der Waals surface area contributed by atoms with E-state index >= 15 is 0 Å². The van der Waals surface area contributed by atoms with Gasteiger partial charge in [0.2, 0.25) is 5.91 Å². The minimum Gasteiger partial charge on any atom is -0.309 e. The van der Waals surface area contributed by atoms with Crippen LogP contribution in [0.25, 0.3) is 0 Å². The standard InChI is InChI=1S/C12H9ClFN3O/c13-10-6-15-7-11(16-10)17-12(18)5-8-2-1-3-9(14)4-8/h1-4,6-7H,5H2,(H,16,17,18). The Morgan fingerprint density at radius 1 is 1.39 bits per heavy atom. The molecule has 0 radical (unpaired) electrons. The minimum atomic E-state index is -0.372. The van der Waals surface area contributed by atoms with Crippen molar-refractivity contribution in [3.8, 4) is 0 Å². The zero-order valence-electron chi connectivity index (χ0n) is 9.23. The van der Waals surface area contributed by atoms with Crippen molar-refractivity contribution in [2.75, 3.05) is 5.32 Å². The zero-order chi connectivity index (χ0) is 13.0. The molecular weight excluding hydrogens is 257 g/mol. The molecule has 0 spiro atoms. The Morgan fingerprint density at radius 2 is 2.22 bits per heavy atom. The summed E-state index contributed by atoms with van der Waals surface area (Å²) in [5.74, 6) is -0.413. The lowest BCUT2D eigenvalue weighted by molar-refractivity contribution is -0.115. The van der Waals surface area contributed by atoms with Crippen LogP contribution >= 0.6 is 11.6 Å². The largest absolute Gasteiger partial charge is 0.309 e. The Bertz CT molecular complexity index is 527. The molecule has 1 heterocycles. The minimum absolute atomic E-state index is 0.0615. The number of amides is 1. The molecule has 92 valence electrons. The summed E-state index contributed by atoms with van der Waals surface area (Å²) < 4.78 is 12.9. The quantitative estimate of drug-likeness (QED) is 0.927. The summed E-state index contributed by atoms with van der Waals surface area (Å²) in [5, 5.41) is 2.72. The number of rotatable bonds is 3. The molecule has 0 aliphatic heterocycles. The molecule has 2 aromatic rings. The molecule has 0 saturated carbocycles. The highest BCUT2D eigenvalue weighted by Gasteiger charge is 2.06. The van der Waals surface area contributed by atoms with Crippen LogP contribution < -0.4 is 5.32 Å². The van der Waals surface area contributed by atoms with Crippen LogP contribution in [0.5, 0.6) is 0 Å². The highest BCUT2D eigenvalue weighted by Crippen LogP contribution is 2.08. The van der Waals surface area contributed by atoms with Gasteiger partial charge in [0.25, 0.3) is 0 Å². The molecule has 1 aromatic carbocycles. The Balaban J connectivity index is 2.01. The molecule has 0 atom stereocenters. The van der Waals surface area contributed by atoms with E-state index in [2.05, 4.69) is 15.3 Å². The van der Waals surface area contributed by atoms with Crippen LogP contribution in [-0.2, 0) is 11.2 Å². The van der Waals surface area contributed by atoms with E-state index in [-0.39, 0.29) is 29.1 Å². The lowest BCUT2D eigenvalue weighted by Crippen LogP contribution is -2.15. The SMILES string of the molecule is O=C(Cc1cccc(F)c1)Nc1cncc(Cl)n1. The van der Waals surface area contributed by atoms with E-state index in [9.17, 15) is 9.18 Å². The topological polar surface area (TPSA) is 54.9 Å². The third-order valence-corrected chi connectivity index (χ3v) is 2.31. The van der Waals surface area contributed by atoms with Crippen molar-refractivity contribution >= 4 is 23.3 Å². The van der Waals surface area contributed by atoms with Gasteiger partial charge >= 0.3 is 0 Å². The number of halogens is 2. The van der Waals surface area contributed by atoms with Gasteiger partial charge in [0.05, 0.1) is 18.8 Å². The first-order valence-electron chi connectivity index (χ1n) is 5.15. The van der Waals surface area contributed by atoms with Crippen LogP contribution in [0, 0.1) is 5.82 Å². The van der Waals surface area contributed by atoms with Gasteiger partial charge in [-0.25, -0.2) is 9.37 Å². The molecule has 0 saturated heterocycles. The summed E-state index contributed by atoms with van der Waals surface area (Å²) in [6.07, 6.45) is 2.81. The Labute approximate surface area is 108 Å². The van der Waals surface area contributed by atoms with Crippen molar-refractivity contribution in [1.82, 2.24) is 9.97 Å². The maximum absolute atomic E-state index is 12.9. The Morgan fingerprint density at radius 3 is 2.94 bits per heavy atom. The number of nitrogens with zero attached hydrogens (tertiary/aromatic N) is 2. The number of anilines is 1. The highest BCUT2D eigenvalue weighted by atomic mass is 35.5. The van der Waals surface area contributed by atoms with Crippen LogP contribution in [0.2, 0.25) is 5.15 Å². The number of benzene rings is 1. The highest BCUT2D eigenvalue weighted by molar-refractivity contribution is 6.29. The lowest BCUT2D eigenvalue weighted by atomic mass is 10.1. The van der Waals surface area contributed by atoms with E-state index < -0.39 is 0 Å². The smallest absolute Gasteiger partial charge is 0.229 e. The van der Waals surface area contributed by atoms with Gasteiger partial charge in [-0.15, -0.1) is 0 Å². The number of carbonyl (C=O) groups is 1. The van der Waals surface area contributed by atoms with Crippen LogP contribution in [-0.4, -0.2) is 15.9 Å². The normalized spacial score (nSPS) is 10.1. The molecular formula is C12H9ClFN3O. The van der Waals surface area contributed by atoms with Gasteiger partial charge in [0.15, 0.2) is 5.82 Å². The van der Waals surface area contributed by atoms with Crippen molar-refractivity contribution in [3.05, 3.63) is 53.2 Å². The van der Waals surface area contributed by atoms with Crippen LogP contribution in [0.3, 0.4) is 0 Å². The van der Waals surface area contributed by atoms with E-state index in [1.54, 1.807) is 12.1 Å². The molecule has 4 nitrogen and oxygen atoms in total. The van der Waals surface area contributed by atoms with Gasteiger partial charge < -0.3 is 5.32 Å². The molecule has 1 N–H and O–H groups in total. The predicted octanol–water partition coefficient (Wildman–Crippen LogP) is 2.45. The maximum atomic E-state index is 12.9. The van der Waals surface area contributed by atoms with Gasteiger partial charge in [-0.2, -0.15) is 0 Å². The van der Waals surface area contributed by atoms with Gasteiger partial charge in [-0.05, 0) is 17.7 Å². The summed E-state index contributed by atoms with van der Waals surface area (Å²) in [4.78, 5) is 19.3. The summed E-state index contributed by atoms with van der Waals surface area (Å²) in [6.45, 7) is 0. The Hall–Kier alpha value is -2.01. The van der Waals surface area contributed by atoms with Crippen molar-refractivity contribution < 1.29 is 9.18 Å². The zero-order valence-corrected chi connectivity index (χ0v) is 9.99. The molecule has 2 rings (SSSR count). The van der Waals surface area contributed by atoms with Crippen molar-refractivity contribution in [2.45, 2.75) is 6.42 Å². The average molecular weight is 266 g/mol. The average Bonchev–Trinajstić information content (AvgIpc) is 2.28. The fourth-order valence-electron chi connectivity index (χ4n) is 1.42. The van der Waals surface area contributed by atoms with Crippen LogP contribution in [0.1, 0.15) is 5.56 Å².